The van der Waals surface area contributed by atoms with Crippen molar-refractivity contribution < 1.29 is 52.9 Å². The molecule has 2 aliphatic heterocycles. The zero-order chi connectivity index (χ0) is 42.8. The molecule has 0 spiro atoms. The summed E-state index contributed by atoms with van der Waals surface area (Å²) in [7, 11) is 3.12. The van der Waals surface area contributed by atoms with Crippen molar-refractivity contribution in [2.45, 2.75) is 0 Å². The molecule has 0 fully saturated rings. The standard InChI is InChI=1S/C50H28F6N4O2.Cu/c1-61-34-3-4-35-37(24-34)36(5-14-46(35)62-2)50-44-12-10-42(59-44)48(26-17-30(53)22-31(54)18-26)40-8-6-38(57-40)47(25-15-28(51)21-29(52)16-25)39-7-9-41(58-39)49(43-11-13-45(50)60-43)27-19-32(55)23-33(56)20-27;/h3-24H,1-2H3;/q-2;+2. The summed E-state index contributed by atoms with van der Waals surface area (Å²) in [6.07, 6.45) is 6.66. The number of hydrogen-bond donors (Lipinski definition) is 0. The van der Waals surface area contributed by atoms with Gasteiger partial charge in [-0.1, -0.05) is 30.3 Å². The first-order chi connectivity index (χ1) is 30.0. The van der Waals surface area contributed by atoms with Gasteiger partial charge in [0.05, 0.1) is 37.0 Å². The minimum absolute atomic E-state index is 0. The quantitative estimate of drug-likeness (QED) is 0.122. The van der Waals surface area contributed by atoms with Gasteiger partial charge in [0, 0.05) is 23.6 Å². The number of nitrogens with zero attached hydrogens (tertiary/aromatic N) is 4. The van der Waals surface area contributed by atoms with Gasteiger partial charge in [-0.15, -0.1) is 22.1 Å². The van der Waals surface area contributed by atoms with Crippen molar-refractivity contribution in [3.63, 3.8) is 0 Å². The maximum atomic E-state index is 15.0. The smallest absolute Gasteiger partial charge is 0.657 e. The molecule has 8 bridgehead atoms. The fourth-order valence-electron chi connectivity index (χ4n) is 8.17. The summed E-state index contributed by atoms with van der Waals surface area (Å²) < 4.78 is 101. The van der Waals surface area contributed by atoms with Crippen LogP contribution in [0, 0.1) is 34.9 Å². The number of halogens is 6. The monoisotopic (exact) mass is 893 g/mol. The summed E-state index contributed by atoms with van der Waals surface area (Å²) in [6.45, 7) is 0. The first kappa shape index (κ1) is 41.0. The van der Waals surface area contributed by atoms with Gasteiger partial charge in [0.1, 0.15) is 46.4 Å². The van der Waals surface area contributed by atoms with E-state index in [4.69, 9.17) is 29.4 Å². The Morgan fingerprint density at radius 2 is 0.778 bits per heavy atom. The summed E-state index contributed by atoms with van der Waals surface area (Å²) in [4.78, 5) is 20.0. The van der Waals surface area contributed by atoms with Gasteiger partial charge in [-0.3, -0.25) is 0 Å². The number of benzene rings is 5. The maximum absolute atomic E-state index is 15.0. The molecule has 0 saturated carbocycles. The van der Waals surface area contributed by atoms with Gasteiger partial charge in [-0.2, -0.15) is 0 Å². The maximum Gasteiger partial charge on any atom is 2.00 e. The average Bonchev–Trinajstić information content (AvgIpc) is 4.08. The summed E-state index contributed by atoms with van der Waals surface area (Å²) in [5.41, 5.74) is 4.52. The van der Waals surface area contributed by atoms with Crippen molar-refractivity contribution >= 4 is 57.1 Å². The fourth-order valence-corrected chi connectivity index (χ4v) is 8.17. The fraction of sp³-hybridized carbons (Fsp3) is 0.0400. The van der Waals surface area contributed by atoms with Crippen LogP contribution in [0.25, 0.3) is 102 Å². The molecule has 0 aliphatic carbocycles. The molecule has 0 saturated heterocycles. The zero-order valence-electron chi connectivity index (χ0n) is 32.9. The second-order valence-electron chi connectivity index (χ2n) is 14.6. The Morgan fingerprint density at radius 3 is 1.16 bits per heavy atom. The Hall–Kier alpha value is -7.34. The normalized spacial score (nSPS) is 11.9. The molecule has 5 aromatic carbocycles. The van der Waals surface area contributed by atoms with Gasteiger partial charge in [0.25, 0.3) is 0 Å². The molecule has 2 aliphatic rings. The van der Waals surface area contributed by atoms with Crippen LogP contribution in [-0.2, 0) is 17.1 Å². The molecule has 6 nitrogen and oxygen atoms in total. The van der Waals surface area contributed by atoms with Crippen LogP contribution in [0.5, 0.6) is 11.5 Å². The van der Waals surface area contributed by atoms with E-state index in [2.05, 4.69) is 0 Å². The third kappa shape index (κ3) is 7.45. The summed E-state index contributed by atoms with van der Waals surface area (Å²) in [5, 5.41) is 1.47. The van der Waals surface area contributed by atoms with E-state index >= 15 is 17.6 Å². The van der Waals surface area contributed by atoms with Crippen LogP contribution in [-0.4, -0.2) is 24.2 Å². The van der Waals surface area contributed by atoms with Crippen LogP contribution in [0.2, 0.25) is 0 Å². The van der Waals surface area contributed by atoms with Gasteiger partial charge in [0.15, 0.2) is 0 Å². The Kier molecular flexibility index (Phi) is 10.5. The van der Waals surface area contributed by atoms with Crippen molar-refractivity contribution in [2.75, 3.05) is 14.2 Å². The Morgan fingerprint density at radius 1 is 0.397 bits per heavy atom. The molecule has 3 aromatic heterocycles. The largest absolute Gasteiger partial charge is 2.00 e. The van der Waals surface area contributed by atoms with Crippen LogP contribution in [0.3, 0.4) is 0 Å². The van der Waals surface area contributed by atoms with Gasteiger partial charge in [-0.05, 0) is 135 Å². The topological polar surface area (TPSA) is 72.4 Å². The van der Waals surface area contributed by atoms with E-state index < -0.39 is 34.9 Å². The van der Waals surface area contributed by atoms with Gasteiger partial charge in [-0.25, -0.2) is 36.3 Å². The predicted octanol–water partition coefficient (Wildman–Crippen LogP) is 12.6. The van der Waals surface area contributed by atoms with Crippen molar-refractivity contribution in [1.82, 2.24) is 19.9 Å². The zero-order valence-corrected chi connectivity index (χ0v) is 33.8. The molecular weight excluding hydrogens is 866 g/mol. The average molecular weight is 894 g/mol. The van der Waals surface area contributed by atoms with Crippen molar-refractivity contribution in [2.24, 2.45) is 0 Å². The van der Waals surface area contributed by atoms with E-state index in [9.17, 15) is 8.78 Å². The molecule has 5 heterocycles. The number of rotatable bonds is 6. The molecule has 1 radical (unpaired) electrons. The second kappa shape index (κ2) is 16.2. The molecular formula is C50H28CuF6N4O2. The molecule has 313 valence electrons. The molecule has 63 heavy (non-hydrogen) atoms. The first-order valence-electron chi connectivity index (χ1n) is 19.1. The predicted molar refractivity (Wildman–Crippen MR) is 229 cm³/mol. The molecule has 13 heteroatoms. The van der Waals surface area contributed by atoms with E-state index in [0.29, 0.717) is 33.8 Å². The molecule has 0 unspecified atom stereocenters. The number of aromatic nitrogens is 4. The SMILES string of the molecule is COc1ccc2c(OC)ccc(-c3c4nc(c(-c5cc(F)cc(F)c5)c5ccc([n-]5)c(-c5cc(F)cc(F)c5)c5nc(c(-c6cc(F)cc(F)c6)c6ccc3[n-]6)C=C5)C=C4)c2c1.[Cu+2]. The molecule has 8 aromatic rings. The summed E-state index contributed by atoms with van der Waals surface area (Å²) >= 11 is 0. The van der Waals surface area contributed by atoms with Gasteiger partial charge < -0.3 is 19.4 Å². The van der Waals surface area contributed by atoms with Crippen LogP contribution < -0.4 is 19.4 Å². The molecule has 0 atom stereocenters. The number of ether oxygens (including phenoxy) is 2. The van der Waals surface area contributed by atoms with E-state index in [1.165, 1.54) is 24.3 Å². The van der Waals surface area contributed by atoms with Crippen molar-refractivity contribution in [3.8, 4) is 56.0 Å². The molecule has 0 amide bonds. The Bertz CT molecular complexity index is 3320. The van der Waals surface area contributed by atoms with Crippen LogP contribution in [0.1, 0.15) is 22.8 Å². The van der Waals surface area contributed by atoms with Crippen LogP contribution in [0.15, 0.2) is 109 Å². The second-order valence-corrected chi connectivity index (χ2v) is 14.6. The Balaban J connectivity index is 0.00000504. The summed E-state index contributed by atoms with van der Waals surface area (Å²) in [5.74, 6) is -3.90. The number of hydrogen-bond acceptors (Lipinski definition) is 4. The van der Waals surface area contributed by atoms with Gasteiger partial charge in [0.2, 0.25) is 0 Å². The van der Waals surface area contributed by atoms with Crippen LogP contribution in [0.4, 0.5) is 26.3 Å². The van der Waals surface area contributed by atoms with Crippen molar-refractivity contribution in [1.29, 1.82) is 0 Å². The van der Waals surface area contributed by atoms with Gasteiger partial charge >= 0.3 is 17.1 Å². The number of fused-ring (bicyclic) bond motifs is 9. The number of methoxy groups -OCH3 is 2. The third-order valence-electron chi connectivity index (χ3n) is 10.7. The van der Waals surface area contributed by atoms with E-state index in [0.717, 1.165) is 41.1 Å². The van der Waals surface area contributed by atoms with E-state index in [-0.39, 0.29) is 84.1 Å². The van der Waals surface area contributed by atoms with Crippen molar-refractivity contribution in [3.05, 3.63) is 167 Å². The first-order valence-corrected chi connectivity index (χ1v) is 19.1. The van der Waals surface area contributed by atoms with E-state index in [1.54, 1.807) is 62.8 Å². The minimum atomic E-state index is -0.861. The summed E-state index contributed by atoms with van der Waals surface area (Å²) in [6, 6.07) is 25.1. The van der Waals surface area contributed by atoms with E-state index in [1.807, 2.05) is 30.3 Å². The molecule has 0 N–H and O–H groups in total. The Labute approximate surface area is 365 Å². The minimum Gasteiger partial charge on any atom is -0.657 e. The van der Waals surface area contributed by atoms with Crippen LogP contribution >= 0.6 is 0 Å². The molecule has 10 rings (SSSR count). The third-order valence-corrected chi connectivity index (χ3v) is 10.7.